The quantitative estimate of drug-likeness (QED) is 0.838. The Kier molecular flexibility index (Phi) is 5.00. The van der Waals surface area contributed by atoms with Crippen LogP contribution in [0.1, 0.15) is 43.0 Å². The van der Waals surface area contributed by atoms with Crippen LogP contribution < -0.4 is 5.32 Å². The van der Waals surface area contributed by atoms with E-state index in [0.717, 1.165) is 24.1 Å². The Bertz CT molecular complexity index is 494. The Morgan fingerprint density at radius 1 is 1.65 bits per heavy atom. The van der Waals surface area contributed by atoms with Crippen LogP contribution in [0.25, 0.3) is 6.08 Å². The molecule has 1 aromatic heterocycles. The molecule has 20 heavy (non-hydrogen) atoms. The summed E-state index contributed by atoms with van der Waals surface area (Å²) >= 11 is 1.62. The average molecular weight is 293 g/mol. The maximum Gasteiger partial charge on any atom is 0.244 e. The second-order valence-corrected chi connectivity index (χ2v) is 6.89. The lowest BCUT2D eigenvalue weighted by atomic mass is 9.79. The molecule has 0 radical (unpaired) electrons. The fraction of sp³-hybridized carbons (Fsp3) is 0.562. The number of aryl methyl sites for hydroxylation is 1. The van der Waals surface area contributed by atoms with Crippen molar-refractivity contribution < 1.29 is 9.90 Å². The largest absolute Gasteiger partial charge is 0.388 e. The zero-order chi connectivity index (χ0) is 14.6. The Labute approximate surface area is 124 Å². The van der Waals surface area contributed by atoms with Crippen LogP contribution in [0.15, 0.2) is 17.5 Å². The minimum atomic E-state index is -0.722. The molecule has 1 saturated carbocycles. The average Bonchev–Trinajstić information content (AvgIpc) is 2.79. The zero-order valence-corrected chi connectivity index (χ0v) is 13.0. The van der Waals surface area contributed by atoms with E-state index in [1.54, 1.807) is 17.4 Å². The van der Waals surface area contributed by atoms with Gasteiger partial charge in [0, 0.05) is 17.5 Å². The molecule has 3 nitrogen and oxygen atoms in total. The van der Waals surface area contributed by atoms with Gasteiger partial charge in [-0.25, -0.2) is 0 Å². The van der Waals surface area contributed by atoms with Crippen molar-refractivity contribution in [2.75, 3.05) is 6.54 Å². The maximum absolute atomic E-state index is 11.8. The lowest BCUT2D eigenvalue weighted by molar-refractivity contribution is -0.118. The first-order valence-electron chi connectivity index (χ1n) is 7.21. The van der Waals surface area contributed by atoms with Crippen molar-refractivity contribution in [3.63, 3.8) is 0 Å². The molecule has 1 fully saturated rings. The highest BCUT2D eigenvalue weighted by Crippen LogP contribution is 2.31. The highest BCUT2D eigenvalue weighted by molar-refractivity contribution is 7.11. The van der Waals surface area contributed by atoms with Gasteiger partial charge in [-0.3, -0.25) is 4.79 Å². The van der Waals surface area contributed by atoms with Crippen molar-refractivity contribution in [2.45, 2.75) is 45.1 Å². The third kappa shape index (κ3) is 4.18. The highest BCUT2D eigenvalue weighted by atomic mass is 32.1. The van der Waals surface area contributed by atoms with E-state index in [4.69, 9.17) is 0 Å². The zero-order valence-electron chi connectivity index (χ0n) is 12.2. The van der Waals surface area contributed by atoms with E-state index in [-0.39, 0.29) is 5.91 Å². The van der Waals surface area contributed by atoms with Crippen LogP contribution in [-0.4, -0.2) is 23.2 Å². The van der Waals surface area contributed by atoms with Crippen molar-refractivity contribution in [2.24, 2.45) is 5.92 Å². The van der Waals surface area contributed by atoms with E-state index in [9.17, 15) is 9.90 Å². The molecule has 0 saturated heterocycles. The van der Waals surface area contributed by atoms with Crippen LogP contribution in [0.3, 0.4) is 0 Å². The first-order chi connectivity index (χ1) is 9.48. The molecule has 4 heteroatoms. The summed E-state index contributed by atoms with van der Waals surface area (Å²) in [7, 11) is 0. The summed E-state index contributed by atoms with van der Waals surface area (Å²) in [5.41, 5.74) is 0.457. The summed E-state index contributed by atoms with van der Waals surface area (Å²) in [5, 5.41) is 15.3. The van der Waals surface area contributed by atoms with Crippen molar-refractivity contribution in [1.29, 1.82) is 0 Å². The number of hydrogen-bond donors (Lipinski definition) is 2. The van der Waals surface area contributed by atoms with Gasteiger partial charge in [0.15, 0.2) is 0 Å². The minimum absolute atomic E-state index is 0.135. The molecule has 0 bridgehead atoms. The van der Waals surface area contributed by atoms with E-state index < -0.39 is 5.60 Å². The predicted octanol–water partition coefficient (Wildman–Crippen LogP) is 3.13. The molecule has 1 aliphatic carbocycles. The van der Waals surface area contributed by atoms with Crippen LogP contribution in [-0.2, 0) is 4.79 Å². The molecule has 110 valence electrons. The molecular weight excluding hydrogens is 270 g/mol. The maximum atomic E-state index is 11.8. The lowest BCUT2D eigenvalue weighted by Gasteiger charge is -2.35. The smallest absolute Gasteiger partial charge is 0.244 e. The number of aliphatic hydroxyl groups is 1. The predicted molar refractivity (Wildman–Crippen MR) is 83.7 cm³/mol. The first-order valence-corrected chi connectivity index (χ1v) is 8.09. The fourth-order valence-corrected chi connectivity index (χ4v) is 3.63. The van der Waals surface area contributed by atoms with E-state index in [1.807, 2.05) is 24.4 Å². The molecular formula is C16H23NO2S. The Balaban J connectivity index is 1.83. The van der Waals surface area contributed by atoms with E-state index in [2.05, 4.69) is 12.2 Å². The van der Waals surface area contributed by atoms with Gasteiger partial charge >= 0.3 is 0 Å². The van der Waals surface area contributed by atoms with Crippen molar-refractivity contribution in [3.05, 3.63) is 28.0 Å². The van der Waals surface area contributed by atoms with Crippen LogP contribution in [0.4, 0.5) is 0 Å². The summed E-state index contributed by atoms with van der Waals surface area (Å²) < 4.78 is 0. The van der Waals surface area contributed by atoms with Crippen LogP contribution >= 0.6 is 11.3 Å². The molecule has 1 amide bonds. The molecule has 1 heterocycles. The number of carbonyl (C=O) groups is 1. The summed E-state index contributed by atoms with van der Waals surface area (Å²) in [6.45, 7) is 4.54. The summed E-state index contributed by atoms with van der Waals surface area (Å²) in [6.07, 6.45) is 7.16. The summed E-state index contributed by atoms with van der Waals surface area (Å²) in [4.78, 5) is 12.9. The SMILES string of the molecule is Cc1ccsc1C=CC(=O)NCC1(O)CCCC(C)C1. The van der Waals surface area contributed by atoms with Crippen molar-refractivity contribution >= 4 is 23.3 Å². The second-order valence-electron chi connectivity index (χ2n) is 5.94. The molecule has 2 atom stereocenters. The van der Waals surface area contributed by atoms with E-state index >= 15 is 0 Å². The normalized spacial score (nSPS) is 26.9. The third-order valence-corrected chi connectivity index (χ3v) is 4.93. The molecule has 0 aliphatic heterocycles. The number of nitrogens with one attached hydrogen (secondary N) is 1. The second kappa shape index (κ2) is 6.55. The number of amides is 1. The van der Waals surface area contributed by atoms with Gasteiger partial charge in [0.05, 0.1) is 5.60 Å². The molecule has 2 rings (SSSR count). The van der Waals surface area contributed by atoms with Gasteiger partial charge in [0.25, 0.3) is 0 Å². The van der Waals surface area contributed by atoms with Crippen LogP contribution in [0, 0.1) is 12.8 Å². The molecule has 1 aliphatic rings. The molecule has 1 aromatic rings. The van der Waals surface area contributed by atoms with Gasteiger partial charge in [0.1, 0.15) is 0 Å². The number of thiophene rings is 1. The van der Waals surface area contributed by atoms with Crippen molar-refractivity contribution in [3.8, 4) is 0 Å². The molecule has 2 N–H and O–H groups in total. The summed E-state index contributed by atoms with van der Waals surface area (Å²) in [5.74, 6) is 0.402. The third-order valence-electron chi connectivity index (χ3n) is 3.95. The highest BCUT2D eigenvalue weighted by Gasteiger charge is 2.32. The Hall–Kier alpha value is -1.13. The standard InChI is InChI=1S/C16H23NO2S/c1-12-4-3-8-16(19,10-12)11-17-15(18)6-5-14-13(2)7-9-20-14/h5-7,9,12,19H,3-4,8,10-11H2,1-2H3,(H,17,18). The number of hydrogen-bond acceptors (Lipinski definition) is 3. The number of carbonyl (C=O) groups excluding carboxylic acids is 1. The Morgan fingerprint density at radius 3 is 3.10 bits per heavy atom. The molecule has 0 spiro atoms. The van der Waals surface area contributed by atoms with Crippen LogP contribution in [0.5, 0.6) is 0 Å². The molecule has 2 unspecified atom stereocenters. The van der Waals surface area contributed by atoms with Gasteiger partial charge in [0.2, 0.25) is 5.91 Å². The first kappa shape index (κ1) is 15.3. The molecule has 0 aromatic carbocycles. The van der Waals surface area contributed by atoms with Gasteiger partial charge in [-0.05, 0) is 48.8 Å². The lowest BCUT2D eigenvalue weighted by Crippen LogP contribution is -2.45. The fourth-order valence-electron chi connectivity index (χ4n) is 2.81. The topological polar surface area (TPSA) is 49.3 Å². The van der Waals surface area contributed by atoms with Gasteiger partial charge < -0.3 is 10.4 Å². The monoisotopic (exact) mass is 293 g/mol. The summed E-state index contributed by atoms with van der Waals surface area (Å²) in [6, 6.07) is 2.04. The number of rotatable bonds is 4. The Morgan fingerprint density at radius 2 is 2.45 bits per heavy atom. The van der Waals surface area contributed by atoms with Gasteiger partial charge in [-0.1, -0.05) is 19.8 Å². The van der Waals surface area contributed by atoms with Gasteiger partial charge in [-0.15, -0.1) is 11.3 Å². The van der Waals surface area contributed by atoms with E-state index in [1.165, 1.54) is 12.0 Å². The van der Waals surface area contributed by atoms with Gasteiger partial charge in [-0.2, -0.15) is 0 Å². The van der Waals surface area contributed by atoms with E-state index in [0.29, 0.717) is 12.5 Å². The van der Waals surface area contributed by atoms with Crippen LogP contribution in [0.2, 0.25) is 0 Å². The minimum Gasteiger partial charge on any atom is -0.388 e. The van der Waals surface area contributed by atoms with Crippen molar-refractivity contribution in [1.82, 2.24) is 5.32 Å².